The van der Waals surface area contributed by atoms with Crippen LogP contribution < -0.4 is 5.73 Å². The van der Waals surface area contributed by atoms with Crippen molar-refractivity contribution in [3.05, 3.63) is 28.6 Å². The lowest BCUT2D eigenvalue weighted by molar-refractivity contribution is -0.139. The molecular formula is C10H9F5N2O2. The number of hydrogen-bond acceptors (Lipinski definition) is 4. The van der Waals surface area contributed by atoms with Crippen molar-refractivity contribution in [3.8, 4) is 0 Å². The number of methoxy groups -OCH3 is 1. The number of nitrogens with zero attached hydrogens (tertiary/aromatic N) is 1. The predicted octanol–water partition coefficient (Wildman–Crippen LogP) is 2.28. The highest BCUT2D eigenvalue weighted by molar-refractivity contribution is 5.91. The molecule has 1 rings (SSSR count). The molecule has 1 heterocycles. The standard InChI is InChI=1S/C10H9F5N2O2/c1-19-9(18)4-2-5(8(11)12)17-6(3-16)7(4)10(13,14)15/h2,8H,3,16H2,1H3. The number of hydrogen-bond donors (Lipinski definition) is 1. The summed E-state index contributed by atoms with van der Waals surface area (Å²) in [6, 6.07) is 0.360. The first-order chi connectivity index (χ1) is 8.72. The van der Waals surface area contributed by atoms with Gasteiger partial charge in [-0.2, -0.15) is 13.2 Å². The average molecular weight is 284 g/mol. The van der Waals surface area contributed by atoms with Gasteiger partial charge in [0.25, 0.3) is 6.43 Å². The molecule has 0 aliphatic heterocycles. The number of esters is 1. The third-order valence-corrected chi connectivity index (χ3v) is 2.22. The first-order valence-corrected chi connectivity index (χ1v) is 4.89. The molecular weight excluding hydrogens is 275 g/mol. The minimum atomic E-state index is -4.95. The van der Waals surface area contributed by atoms with Crippen molar-refractivity contribution >= 4 is 5.97 Å². The van der Waals surface area contributed by atoms with Gasteiger partial charge < -0.3 is 10.5 Å². The molecule has 0 bridgehead atoms. The van der Waals surface area contributed by atoms with Gasteiger partial charge in [0.05, 0.1) is 23.9 Å². The summed E-state index contributed by atoms with van der Waals surface area (Å²) in [6.07, 6.45) is -8.08. The van der Waals surface area contributed by atoms with Gasteiger partial charge in [0.2, 0.25) is 0 Å². The van der Waals surface area contributed by atoms with Gasteiger partial charge in [-0.3, -0.25) is 0 Å². The van der Waals surface area contributed by atoms with Crippen LogP contribution in [0.3, 0.4) is 0 Å². The van der Waals surface area contributed by atoms with Crippen LogP contribution in [0.15, 0.2) is 6.07 Å². The molecule has 1 aromatic heterocycles. The lowest BCUT2D eigenvalue weighted by atomic mass is 10.0. The molecule has 0 aliphatic carbocycles. The normalized spacial score (nSPS) is 11.8. The summed E-state index contributed by atoms with van der Waals surface area (Å²) in [4.78, 5) is 14.4. The smallest absolute Gasteiger partial charge is 0.419 e. The molecule has 0 unspecified atom stereocenters. The fraction of sp³-hybridized carbons (Fsp3) is 0.400. The topological polar surface area (TPSA) is 65.2 Å². The first-order valence-electron chi connectivity index (χ1n) is 4.89. The Morgan fingerprint density at radius 1 is 1.47 bits per heavy atom. The lowest BCUT2D eigenvalue weighted by Gasteiger charge is -2.16. The highest BCUT2D eigenvalue weighted by atomic mass is 19.4. The molecule has 9 heteroatoms. The number of carbonyl (C=O) groups is 1. The van der Waals surface area contributed by atoms with E-state index in [0.717, 1.165) is 7.11 Å². The number of ether oxygens (including phenoxy) is 1. The van der Waals surface area contributed by atoms with Gasteiger partial charge in [0, 0.05) is 6.54 Å². The van der Waals surface area contributed by atoms with Gasteiger partial charge in [-0.1, -0.05) is 0 Å². The van der Waals surface area contributed by atoms with Crippen LogP contribution in [0.25, 0.3) is 0 Å². The maximum atomic E-state index is 12.8. The van der Waals surface area contributed by atoms with Crippen molar-refractivity contribution in [3.63, 3.8) is 0 Å². The van der Waals surface area contributed by atoms with E-state index in [9.17, 15) is 26.7 Å². The van der Waals surface area contributed by atoms with Gasteiger partial charge in [0.15, 0.2) is 0 Å². The molecule has 0 aliphatic rings. The highest BCUT2D eigenvalue weighted by Crippen LogP contribution is 2.36. The van der Waals surface area contributed by atoms with Gasteiger partial charge >= 0.3 is 12.1 Å². The Balaban J connectivity index is 3.62. The summed E-state index contributed by atoms with van der Waals surface area (Å²) in [5.74, 6) is -1.38. The van der Waals surface area contributed by atoms with Crippen LogP contribution in [0, 0.1) is 0 Å². The predicted molar refractivity (Wildman–Crippen MR) is 53.4 cm³/mol. The van der Waals surface area contributed by atoms with Crippen molar-refractivity contribution in [2.45, 2.75) is 19.1 Å². The zero-order chi connectivity index (χ0) is 14.8. The first kappa shape index (κ1) is 15.3. The second-order valence-electron chi connectivity index (χ2n) is 3.41. The van der Waals surface area contributed by atoms with Crippen LogP contribution in [-0.2, 0) is 17.5 Å². The summed E-state index contributed by atoms with van der Waals surface area (Å²) in [5, 5.41) is 0. The molecule has 0 radical (unpaired) electrons. The zero-order valence-corrected chi connectivity index (χ0v) is 9.59. The number of pyridine rings is 1. The Bertz CT molecular complexity index is 488. The van der Waals surface area contributed by atoms with Gasteiger partial charge in [-0.25, -0.2) is 18.6 Å². The van der Waals surface area contributed by atoms with Crippen molar-refractivity contribution < 1.29 is 31.5 Å². The van der Waals surface area contributed by atoms with E-state index in [4.69, 9.17) is 5.73 Å². The number of rotatable bonds is 3. The third-order valence-electron chi connectivity index (χ3n) is 2.22. The Labute approximate surface area is 104 Å². The van der Waals surface area contributed by atoms with E-state index >= 15 is 0 Å². The maximum Gasteiger partial charge on any atom is 0.419 e. The lowest BCUT2D eigenvalue weighted by Crippen LogP contribution is -2.21. The number of carbonyl (C=O) groups excluding carboxylic acids is 1. The summed E-state index contributed by atoms with van der Waals surface area (Å²) in [5.41, 5.74) is 0.796. The molecule has 0 saturated carbocycles. The SMILES string of the molecule is COC(=O)c1cc(C(F)F)nc(CN)c1C(F)(F)F. The zero-order valence-electron chi connectivity index (χ0n) is 9.59. The van der Waals surface area contributed by atoms with Crippen molar-refractivity contribution in [2.75, 3.05) is 7.11 Å². The molecule has 4 nitrogen and oxygen atoms in total. The fourth-order valence-corrected chi connectivity index (χ4v) is 1.47. The van der Waals surface area contributed by atoms with E-state index < -0.39 is 47.6 Å². The Morgan fingerprint density at radius 2 is 2.05 bits per heavy atom. The highest BCUT2D eigenvalue weighted by Gasteiger charge is 2.39. The average Bonchev–Trinajstić information content (AvgIpc) is 2.34. The van der Waals surface area contributed by atoms with Crippen LogP contribution in [0.5, 0.6) is 0 Å². The molecule has 0 saturated heterocycles. The van der Waals surface area contributed by atoms with E-state index in [0.29, 0.717) is 6.07 Å². The van der Waals surface area contributed by atoms with Crippen molar-refractivity contribution in [2.24, 2.45) is 5.73 Å². The van der Waals surface area contributed by atoms with E-state index in [1.165, 1.54) is 0 Å². The maximum absolute atomic E-state index is 12.8. The van der Waals surface area contributed by atoms with Crippen LogP contribution >= 0.6 is 0 Å². The summed E-state index contributed by atoms with van der Waals surface area (Å²) in [6.45, 7) is -0.737. The molecule has 0 aromatic carbocycles. The Kier molecular flexibility index (Phi) is 4.40. The summed E-state index contributed by atoms with van der Waals surface area (Å²) >= 11 is 0. The number of halogens is 5. The molecule has 0 amide bonds. The number of alkyl halides is 5. The molecule has 106 valence electrons. The van der Waals surface area contributed by atoms with Crippen LogP contribution in [-0.4, -0.2) is 18.1 Å². The second-order valence-corrected chi connectivity index (χ2v) is 3.41. The molecule has 0 fully saturated rings. The summed E-state index contributed by atoms with van der Waals surface area (Å²) in [7, 11) is 0.840. The largest absolute Gasteiger partial charge is 0.465 e. The van der Waals surface area contributed by atoms with Crippen LogP contribution in [0.1, 0.15) is 33.7 Å². The monoisotopic (exact) mass is 284 g/mol. The van der Waals surface area contributed by atoms with E-state index in [1.54, 1.807) is 0 Å². The molecule has 0 atom stereocenters. The molecule has 19 heavy (non-hydrogen) atoms. The van der Waals surface area contributed by atoms with Crippen molar-refractivity contribution in [1.29, 1.82) is 0 Å². The van der Waals surface area contributed by atoms with Crippen molar-refractivity contribution in [1.82, 2.24) is 4.98 Å². The number of nitrogens with two attached hydrogens (primary N) is 1. The molecule has 1 aromatic rings. The van der Waals surface area contributed by atoms with E-state index in [2.05, 4.69) is 9.72 Å². The number of aromatic nitrogens is 1. The van der Waals surface area contributed by atoms with Crippen LogP contribution in [0.4, 0.5) is 22.0 Å². The van der Waals surface area contributed by atoms with Crippen LogP contribution in [0.2, 0.25) is 0 Å². The summed E-state index contributed by atoms with van der Waals surface area (Å²) < 4.78 is 67.7. The Morgan fingerprint density at radius 3 is 2.42 bits per heavy atom. The minimum absolute atomic E-state index is 0.360. The molecule has 2 N–H and O–H groups in total. The molecule has 0 spiro atoms. The van der Waals surface area contributed by atoms with Gasteiger partial charge in [-0.15, -0.1) is 0 Å². The minimum Gasteiger partial charge on any atom is -0.465 e. The van der Waals surface area contributed by atoms with Gasteiger partial charge in [0.1, 0.15) is 5.69 Å². The fourth-order valence-electron chi connectivity index (χ4n) is 1.47. The van der Waals surface area contributed by atoms with E-state index in [-0.39, 0.29) is 0 Å². The van der Waals surface area contributed by atoms with E-state index in [1.807, 2.05) is 0 Å². The second kappa shape index (κ2) is 5.47. The van der Waals surface area contributed by atoms with Gasteiger partial charge in [-0.05, 0) is 6.07 Å². The quantitative estimate of drug-likeness (QED) is 0.683. The Hall–Kier alpha value is -1.77. The third kappa shape index (κ3) is 3.16.